The van der Waals surface area contributed by atoms with E-state index in [1.807, 2.05) is 13.8 Å². The number of rotatable bonds is 0. The van der Waals surface area contributed by atoms with Crippen molar-refractivity contribution in [1.29, 1.82) is 0 Å². The maximum absolute atomic E-state index is 8.92. The first-order chi connectivity index (χ1) is 5.20. The van der Waals surface area contributed by atoms with Crippen molar-refractivity contribution in [3.63, 3.8) is 0 Å². The minimum Gasteiger partial charge on any atom is -0.506 e. The van der Waals surface area contributed by atoms with Gasteiger partial charge in [0.05, 0.1) is 5.69 Å². The third-order valence-electron chi connectivity index (χ3n) is 1.02. The molecule has 0 aromatic carbocycles. The number of nitrogens with zero attached hydrogens (tertiary/aromatic N) is 1. The first kappa shape index (κ1) is 10.2. The van der Waals surface area contributed by atoms with Crippen molar-refractivity contribution in [3.05, 3.63) is 23.0 Å². The van der Waals surface area contributed by atoms with Crippen LogP contribution in [0.3, 0.4) is 0 Å². The fraction of sp³-hybridized carbons (Fsp3) is 0.375. The van der Waals surface area contributed by atoms with Crippen LogP contribution in [0.25, 0.3) is 0 Å². The Morgan fingerprint density at radius 1 is 1.36 bits per heavy atom. The minimum atomic E-state index is 0.180. The lowest BCUT2D eigenvalue weighted by molar-refractivity contribution is 0.467. The Hall–Kier alpha value is -0.760. The molecule has 2 nitrogen and oxygen atoms in total. The van der Waals surface area contributed by atoms with Gasteiger partial charge in [0.15, 0.2) is 0 Å². The largest absolute Gasteiger partial charge is 0.506 e. The first-order valence-corrected chi connectivity index (χ1v) is 3.90. The Kier molecular flexibility index (Phi) is 4.62. The van der Waals surface area contributed by atoms with Crippen LogP contribution in [0.5, 0.6) is 5.75 Å². The topological polar surface area (TPSA) is 33.1 Å². The zero-order chi connectivity index (χ0) is 8.85. The van der Waals surface area contributed by atoms with Gasteiger partial charge in [-0.1, -0.05) is 25.4 Å². The molecular weight excluding hydrogens is 162 g/mol. The van der Waals surface area contributed by atoms with Crippen LogP contribution in [0, 0.1) is 6.92 Å². The maximum atomic E-state index is 8.92. The summed E-state index contributed by atoms with van der Waals surface area (Å²) in [6.07, 6.45) is 0. The van der Waals surface area contributed by atoms with Crippen LogP contribution < -0.4 is 0 Å². The van der Waals surface area contributed by atoms with Crippen LogP contribution in [-0.4, -0.2) is 10.1 Å². The van der Waals surface area contributed by atoms with Crippen molar-refractivity contribution in [2.45, 2.75) is 20.8 Å². The Morgan fingerprint density at radius 3 is 2.27 bits per heavy atom. The van der Waals surface area contributed by atoms with Crippen molar-refractivity contribution in [2.24, 2.45) is 0 Å². The van der Waals surface area contributed by atoms with E-state index >= 15 is 0 Å². The van der Waals surface area contributed by atoms with Crippen LogP contribution in [0.2, 0.25) is 5.15 Å². The molecule has 1 N–H and O–H groups in total. The quantitative estimate of drug-likeness (QED) is 0.612. The molecule has 0 aliphatic heterocycles. The van der Waals surface area contributed by atoms with Gasteiger partial charge < -0.3 is 5.11 Å². The molecule has 0 amide bonds. The molecule has 0 saturated heterocycles. The summed E-state index contributed by atoms with van der Waals surface area (Å²) in [6.45, 7) is 5.70. The monoisotopic (exact) mass is 173 g/mol. The van der Waals surface area contributed by atoms with E-state index in [9.17, 15) is 0 Å². The summed E-state index contributed by atoms with van der Waals surface area (Å²) in [6, 6.07) is 3.06. The number of pyridine rings is 1. The van der Waals surface area contributed by atoms with Gasteiger partial charge in [-0.15, -0.1) is 0 Å². The molecule has 1 heterocycles. The highest BCUT2D eigenvalue weighted by molar-refractivity contribution is 6.29. The zero-order valence-corrected chi connectivity index (χ0v) is 7.68. The van der Waals surface area contributed by atoms with E-state index in [1.54, 1.807) is 13.0 Å². The number of aromatic hydroxyl groups is 1. The van der Waals surface area contributed by atoms with Gasteiger partial charge in [-0.3, -0.25) is 0 Å². The summed E-state index contributed by atoms with van der Waals surface area (Å²) < 4.78 is 0. The average Bonchev–Trinajstić information content (AvgIpc) is 2.02. The molecule has 0 aliphatic carbocycles. The Balaban J connectivity index is 0.000000461. The first-order valence-electron chi connectivity index (χ1n) is 3.52. The second-order valence-electron chi connectivity index (χ2n) is 1.74. The summed E-state index contributed by atoms with van der Waals surface area (Å²) in [5, 5.41) is 9.33. The molecule has 0 unspecified atom stereocenters. The van der Waals surface area contributed by atoms with Gasteiger partial charge in [0.1, 0.15) is 10.9 Å². The summed E-state index contributed by atoms with van der Waals surface area (Å²) in [5.41, 5.74) is 0.558. The SMILES string of the molecule is CC.Cc1nc(Cl)ccc1O. The van der Waals surface area contributed by atoms with E-state index in [2.05, 4.69) is 4.98 Å². The zero-order valence-electron chi connectivity index (χ0n) is 6.93. The Labute approximate surface area is 71.8 Å². The molecule has 11 heavy (non-hydrogen) atoms. The normalized spacial score (nSPS) is 8.36. The molecule has 0 spiro atoms. The molecule has 1 aromatic rings. The highest BCUT2D eigenvalue weighted by atomic mass is 35.5. The molecule has 0 radical (unpaired) electrons. The fourth-order valence-corrected chi connectivity index (χ4v) is 0.713. The van der Waals surface area contributed by atoms with Gasteiger partial charge in [-0.25, -0.2) is 4.98 Å². The lowest BCUT2D eigenvalue weighted by Crippen LogP contribution is -1.80. The standard InChI is InChI=1S/C6H6ClNO.C2H6/c1-4-5(9)2-3-6(7)8-4;1-2/h2-3,9H,1H3;1-2H3. The summed E-state index contributed by atoms with van der Waals surface area (Å²) in [4.78, 5) is 3.79. The second-order valence-corrected chi connectivity index (χ2v) is 2.13. The van der Waals surface area contributed by atoms with E-state index in [1.165, 1.54) is 6.07 Å². The van der Waals surface area contributed by atoms with Gasteiger partial charge in [0.2, 0.25) is 0 Å². The molecule has 0 saturated carbocycles. The van der Waals surface area contributed by atoms with Gasteiger partial charge in [0, 0.05) is 0 Å². The molecule has 62 valence electrons. The Morgan fingerprint density at radius 2 is 1.91 bits per heavy atom. The maximum Gasteiger partial charge on any atom is 0.136 e. The molecule has 0 atom stereocenters. The predicted octanol–water partition coefficient (Wildman–Crippen LogP) is 2.78. The van der Waals surface area contributed by atoms with E-state index < -0.39 is 0 Å². The molecule has 0 bridgehead atoms. The van der Waals surface area contributed by atoms with Crippen LogP contribution >= 0.6 is 11.6 Å². The minimum absolute atomic E-state index is 0.180. The van der Waals surface area contributed by atoms with E-state index in [4.69, 9.17) is 16.7 Å². The van der Waals surface area contributed by atoms with E-state index in [-0.39, 0.29) is 5.75 Å². The van der Waals surface area contributed by atoms with Crippen LogP contribution in [0.1, 0.15) is 19.5 Å². The fourth-order valence-electron chi connectivity index (χ4n) is 0.523. The number of aromatic nitrogens is 1. The van der Waals surface area contributed by atoms with Gasteiger partial charge >= 0.3 is 0 Å². The van der Waals surface area contributed by atoms with Crippen LogP contribution in [0.15, 0.2) is 12.1 Å². The lowest BCUT2D eigenvalue weighted by Gasteiger charge is -1.94. The van der Waals surface area contributed by atoms with Gasteiger partial charge in [-0.2, -0.15) is 0 Å². The second kappa shape index (κ2) is 4.97. The van der Waals surface area contributed by atoms with Crippen molar-refractivity contribution < 1.29 is 5.11 Å². The molecule has 1 rings (SSSR count). The summed E-state index contributed by atoms with van der Waals surface area (Å²) in [5.74, 6) is 0.180. The van der Waals surface area contributed by atoms with Crippen LogP contribution in [-0.2, 0) is 0 Å². The smallest absolute Gasteiger partial charge is 0.136 e. The van der Waals surface area contributed by atoms with Crippen molar-refractivity contribution in [2.75, 3.05) is 0 Å². The molecular formula is C8H12ClNO. The lowest BCUT2D eigenvalue weighted by atomic mass is 10.3. The average molecular weight is 174 g/mol. The summed E-state index contributed by atoms with van der Waals surface area (Å²) in [7, 11) is 0. The van der Waals surface area contributed by atoms with E-state index in [0.29, 0.717) is 10.8 Å². The van der Waals surface area contributed by atoms with Crippen molar-refractivity contribution in [1.82, 2.24) is 4.98 Å². The highest BCUT2D eigenvalue weighted by Gasteiger charge is 1.94. The third-order valence-corrected chi connectivity index (χ3v) is 1.23. The van der Waals surface area contributed by atoms with Crippen LogP contribution in [0.4, 0.5) is 0 Å². The van der Waals surface area contributed by atoms with Gasteiger partial charge in [-0.05, 0) is 19.1 Å². The molecule has 3 heteroatoms. The number of aryl methyl sites for hydroxylation is 1. The highest BCUT2D eigenvalue weighted by Crippen LogP contribution is 2.15. The Bertz CT molecular complexity index is 225. The van der Waals surface area contributed by atoms with E-state index in [0.717, 1.165) is 0 Å². The predicted molar refractivity (Wildman–Crippen MR) is 47.0 cm³/mol. The summed E-state index contributed by atoms with van der Waals surface area (Å²) >= 11 is 5.49. The third kappa shape index (κ3) is 3.23. The van der Waals surface area contributed by atoms with Gasteiger partial charge in [0.25, 0.3) is 0 Å². The number of hydrogen-bond donors (Lipinski definition) is 1. The number of hydrogen-bond acceptors (Lipinski definition) is 2. The molecule has 1 aromatic heterocycles. The number of halogens is 1. The molecule has 0 fully saturated rings. The molecule has 0 aliphatic rings. The van der Waals surface area contributed by atoms with Crippen molar-refractivity contribution >= 4 is 11.6 Å². The van der Waals surface area contributed by atoms with Crippen molar-refractivity contribution in [3.8, 4) is 5.75 Å².